The fourth-order valence-corrected chi connectivity index (χ4v) is 4.04. The molecular weight excluding hydrogens is 432 g/mol. The van der Waals surface area contributed by atoms with Gasteiger partial charge in [0.05, 0.1) is 22.2 Å². The Morgan fingerprint density at radius 2 is 1.12 bits per heavy atom. The van der Waals surface area contributed by atoms with E-state index in [0.717, 1.165) is 33.7 Å². The molecule has 0 aromatic heterocycles. The van der Waals surface area contributed by atoms with E-state index >= 15 is 0 Å². The Bertz CT molecular complexity index is 602. The molecule has 2 atom stereocenters. The van der Waals surface area contributed by atoms with Crippen molar-refractivity contribution in [3.8, 4) is 11.5 Å². The lowest BCUT2D eigenvalue weighted by atomic mass is 9.80. The van der Waals surface area contributed by atoms with Crippen LogP contribution in [0, 0.1) is 11.8 Å². The number of hydrogen-bond acceptors (Lipinski definition) is 2. The highest BCUT2D eigenvalue weighted by Gasteiger charge is 2.26. The summed E-state index contributed by atoms with van der Waals surface area (Å²) in [4.78, 5) is 0. The summed E-state index contributed by atoms with van der Waals surface area (Å²) in [6, 6.07) is 16.1. The molecule has 0 amide bonds. The molecule has 1 aliphatic rings. The minimum Gasteiger partial charge on any atom is -0.492 e. The van der Waals surface area contributed by atoms with Crippen LogP contribution in [-0.2, 0) is 0 Å². The fraction of sp³-hybridized carbons (Fsp3) is 0.400. The summed E-state index contributed by atoms with van der Waals surface area (Å²) in [5.74, 6) is 2.95. The zero-order chi connectivity index (χ0) is 16.8. The molecule has 3 rings (SSSR count). The molecule has 24 heavy (non-hydrogen) atoms. The van der Waals surface area contributed by atoms with Crippen LogP contribution < -0.4 is 9.47 Å². The Morgan fingerprint density at radius 3 is 1.54 bits per heavy atom. The first-order chi connectivity index (χ1) is 11.7. The maximum Gasteiger partial charge on any atom is 0.133 e. The third-order valence-corrected chi connectivity index (χ3v) is 5.96. The summed E-state index contributed by atoms with van der Waals surface area (Å²) >= 11 is 7.10. The minimum absolute atomic E-state index is 0.549. The van der Waals surface area contributed by atoms with E-state index in [4.69, 9.17) is 9.47 Å². The molecule has 0 aliphatic heterocycles. The van der Waals surface area contributed by atoms with Gasteiger partial charge in [-0.05, 0) is 80.8 Å². The van der Waals surface area contributed by atoms with Gasteiger partial charge in [-0.25, -0.2) is 0 Å². The van der Waals surface area contributed by atoms with E-state index in [1.54, 1.807) is 0 Å². The highest BCUT2D eigenvalue weighted by molar-refractivity contribution is 9.10. The molecule has 4 heteroatoms. The first-order valence-corrected chi connectivity index (χ1v) is 10.1. The van der Waals surface area contributed by atoms with Crippen molar-refractivity contribution in [1.29, 1.82) is 0 Å². The number of halogens is 2. The van der Waals surface area contributed by atoms with Gasteiger partial charge >= 0.3 is 0 Å². The Balaban J connectivity index is 1.57. The standard InChI is InChI=1S/C20H22Br2O2/c21-17-9-3-5-11-19(17)23-13-15-7-1-2-8-16(15)14-24-20-12-6-4-10-18(20)22/h3-6,9-12,15-16H,1-2,7-8,13-14H2/t15-,16-/m0/s1. The van der Waals surface area contributed by atoms with Gasteiger partial charge in [0.15, 0.2) is 0 Å². The summed E-state index contributed by atoms with van der Waals surface area (Å²) in [6.07, 6.45) is 5.01. The van der Waals surface area contributed by atoms with Gasteiger partial charge in [0.1, 0.15) is 11.5 Å². The summed E-state index contributed by atoms with van der Waals surface area (Å²) in [6.45, 7) is 1.51. The Hall–Kier alpha value is -1.000. The predicted molar refractivity (Wildman–Crippen MR) is 105 cm³/mol. The van der Waals surface area contributed by atoms with E-state index in [9.17, 15) is 0 Å². The normalized spacial score (nSPS) is 20.6. The molecule has 1 fully saturated rings. The van der Waals surface area contributed by atoms with Gasteiger partial charge < -0.3 is 9.47 Å². The molecule has 1 aliphatic carbocycles. The number of hydrogen-bond donors (Lipinski definition) is 0. The molecule has 0 N–H and O–H groups in total. The van der Waals surface area contributed by atoms with Crippen LogP contribution in [0.4, 0.5) is 0 Å². The van der Waals surface area contributed by atoms with Crippen molar-refractivity contribution in [3.05, 3.63) is 57.5 Å². The van der Waals surface area contributed by atoms with Crippen LogP contribution >= 0.6 is 31.9 Å². The van der Waals surface area contributed by atoms with E-state index in [2.05, 4.69) is 31.9 Å². The molecule has 128 valence electrons. The van der Waals surface area contributed by atoms with E-state index in [1.807, 2.05) is 48.5 Å². The molecule has 2 aromatic carbocycles. The first-order valence-electron chi connectivity index (χ1n) is 8.48. The van der Waals surface area contributed by atoms with Crippen molar-refractivity contribution in [2.24, 2.45) is 11.8 Å². The first kappa shape index (κ1) is 17.8. The van der Waals surface area contributed by atoms with Crippen molar-refractivity contribution in [3.63, 3.8) is 0 Å². The van der Waals surface area contributed by atoms with Crippen LogP contribution in [0.3, 0.4) is 0 Å². The van der Waals surface area contributed by atoms with Crippen molar-refractivity contribution in [2.75, 3.05) is 13.2 Å². The monoisotopic (exact) mass is 452 g/mol. The number of ether oxygens (including phenoxy) is 2. The van der Waals surface area contributed by atoms with Crippen LogP contribution in [0.2, 0.25) is 0 Å². The van der Waals surface area contributed by atoms with E-state index in [-0.39, 0.29) is 0 Å². The van der Waals surface area contributed by atoms with Gasteiger partial charge in [-0.15, -0.1) is 0 Å². The Labute approximate surface area is 160 Å². The third kappa shape index (κ3) is 4.76. The van der Waals surface area contributed by atoms with Gasteiger partial charge in [-0.3, -0.25) is 0 Å². The SMILES string of the molecule is Brc1ccccc1OC[C@@H]1CCCC[C@H]1COc1ccccc1Br. The molecule has 0 radical (unpaired) electrons. The lowest BCUT2D eigenvalue weighted by molar-refractivity contribution is 0.104. The van der Waals surface area contributed by atoms with Crippen molar-refractivity contribution >= 4 is 31.9 Å². The van der Waals surface area contributed by atoms with Crippen LogP contribution in [0.1, 0.15) is 25.7 Å². The maximum atomic E-state index is 6.07. The summed E-state index contributed by atoms with van der Waals surface area (Å²) in [5, 5.41) is 0. The van der Waals surface area contributed by atoms with Crippen molar-refractivity contribution in [2.45, 2.75) is 25.7 Å². The molecular formula is C20H22Br2O2. The number of para-hydroxylation sites is 2. The zero-order valence-electron chi connectivity index (χ0n) is 13.6. The average molecular weight is 454 g/mol. The second-order valence-corrected chi connectivity index (χ2v) is 8.00. The van der Waals surface area contributed by atoms with Gasteiger partial charge in [0, 0.05) is 0 Å². The summed E-state index contributed by atoms with van der Waals surface area (Å²) in [7, 11) is 0. The molecule has 0 spiro atoms. The van der Waals surface area contributed by atoms with Crippen LogP contribution in [0.15, 0.2) is 57.5 Å². The highest BCUT2D eigenvalue weighted by Crippen LogP contribution is 2.33. The second-order valence-electron chi connectivity index (χ2n) is 6.29. The van der Waals surface area contributed by atoms with Crippen molar-refractivity contribution in [1.82, 2.24) is 0 Å². The topological polar surface area (TPSA) is 18.5 Å². The largest absolute Gasteiger partial charge is 0.492 e. The fourth-order valence-electron chi connectivity index (χ4n) is 3.24. The van der Waals surface area contributed by atoms with Gasteiger partial charge in [-0.2, -0.15) is 0 Å². The summed E-state index contributed by atoms with van der Waals surface area (Å²) < 4.78 is 14.2. The van der Waals surface area contributed by atoms with E-state index in [1.165, 1.54) is 25.7 Å². The maximum absolute atomic E-state index is 6.07. The highest BCUT2D eigenvalue weighted by atomic mass is 79.9. The number of rotatable bonds is 6. The quantitative estimate of drug-likeness (QED) is 0.498. The van der Waals surface area contributed by atoms with Crippen LogP contribution in [0.5, 0.6) is 11.5 Å². The molecule has 0 heterocycles. The minimum atomic E-state index is 0.549. The Kier molecular flexibility index (Phi) is 6.61. The van der Waals surface area contributed by atoms with E-state index in [0.29, 0.717) is 11.8 Å². The molecule has 0 bridgehead atoms. The van der Waals surface area contributed by atoms with Gasteiger partial charge in [-0.1, -0.05) is 37.1 Å². The summed E-state index contributed by atoms with van der Waals surface area (Å²) in [5.41, 5.74) is 0. The van der Waals surface area contributed by atoms with E-state index < -0.39 is 0 Å². The van der Waals surface area contributed by atoms with Gasteiger partial charge in [0.25, 0.3) is 0 Å². The zero-order valence-corrected chi connectivity index (χ0v) is 16.8. The van der Waals surface area contributed by atoms with Crippen molar-refractivity contribution < 1.29 is 9.47 Å². The van der Waals surface area contributed by atoms with Crippen LogP contribution in [0.25, 0.3) is 0 Å². The van der Waals surface area contributed by atoms with Crippen LogP contribution in [-0.4, -0.2) is 13.2 Å². The molecule has 2 aromatic rings. The van der Waals surface area contributed by atoms with Gasteiger partial charge in [0.2, 0.25) is 0 Å². The lowest BCUT2D eigenvalue weighted by Gasteiger charge is -2.31. The molecule has 1 saturated carbocycles. The average Bonchev–Trinajstić information content (AvgIpc) is 2.61. The third-order valence-electron chi connectivity index (χ3n) is 4.65. The molecule has 2 nitrogen and oxygen atoms in total. The Morgan fingerprint density at radius 1 is 0.708 bits per heavy atom. The molecule has 0 unspecified atom stereocenters. The predicted octanol–water partition coefficient (Wildman–Crippen LogP) is 6.48. The molecule has 0 saturated heterocycles. The lowest BCUT2D eigenvalue weighted by Crippen LogP contribution is -2.29. The second kappa shape index (κ2) is 8.91. The number of benzene rings is 2. The smallest absolute Gasteiger partial charge is 0.133 e.